The van der Waals surface area contributed by atoms with Gasteiger partial charge < -0.3 is 14.6 Å². The lowest BCUT2D eigenvalue weighted by molar-refractivity contribution is 0.0904. The Balaban J connectivity index is 1.71. The zero-order chi connectivity index (χ0) is 20.5. The van der Waals surface area contributed by atoms with Crippen molar-refractivity contribution in [1.82, 2.24) is 14.5 Å². The zero-order valence-electron chi connectivity index (χ0n) is 16.8. The van der Waals surface area contributed by atoms with Crippen LogP contribution in [0.4, 0.5) is 10.2 Å². The summed E-state index contributed by atoms with van der Waals surface area (Å²) >= 11 is 0. The third kappa shape index (κ3) is 3.55. The minimum absolute atomic E-state index is 0.264. The van der Waals surface area contributed by atoms with E-state index in [2.05, 4.69) is 45.0 Å². The van der Waals surface area contributed by atoms with Crippen LogP contribution in [0.1, 0.15) is 18.4 Å². The maximum atomic E-state index is 14.0. The number of nitrogens with zero attached hydrogens (tertiary/aromatic N) is 3. The van der Waals surface area contributed by atoms with Gasteiger partial charge >= 0.3 is 0 Å². The molecular weight excluding hydrogens is 379 g/mol. The van der Waals surface area contributed by atoms with E-state index in [1.165, 1.54) is 6.07 Å². The highest BCUT2D eigenvalue weighted by molar-refractivity contribution is 6.02. The van der Waals surface area contributed by atoms with Crippen molar-refractivity contribution in [2.75, 3.05) is 18.5 Å². The Morgan fingerprint density at radius 1 is 1.07 bits per heavy atom. The number of aryl methyl sites for hydroxylation is 1. The van der Waals surface area contributed by atoms with Gasteiger partial charge in [-0.15, -0.1) is 0 Å². The molecule has 0 saturated carbocycles. The topological polar surface area (TPSA) is 52.0 Å². The number of ether oxygens (including phenoxy) is 1. The molecule has 30 heavy (non-hydrogen) atoms. The van der Waals surface area contributed by atoms with Gasteiger partial charge in [0.15, 0.2) is 5.65 Å². The number of hydrogen-bond acceptors (Lipinski definition) is 4. The van der Waals surface area contributed by atoms with Crippen molar-refractivity contribution in [1.29, 1.82) is 0 Å². The van der Waals surface area contributed by atoms with Crippen LogP contribution in [0.25, 0.3) is 27.8 Å². The Kier molecular flexibility index (Phi) is 4.93. The van der Waals surface area contributed by atoms with Gasteiger partial charge in [0, 0.05) is 36.7 Å². The molecule has 0 atom stereocenters. The number of aromatic nitrogens is 3. The molecule has 2 aromatic heterocycles. The van der Waals surface area contributed by atoms with Crippen molar-refractivity contribution in [2.45, 2.75) is 25.8 Å². The van der Waals surface area contributed by atoms with Crippen molar-refractivity contribution >= 4 is 16.9 Å². The van der Waals surface area contributed by atoms with Crippen molar-refractivity contribution in [3.63, 3.8) is 0 Å². The summed E-state index contributed by atoms with van der Waals surface area (Å²) in [6.45, 7) is 3.55. The number of hydrogen-bond donors (Lipinski definition) is 1. The first-order valence-corrected chi connectivity index (χ1v) is 10.2. The fraction of sp³-hybridized carbons (Fsp3) is 0.250. The molecule has 1 fully saturated rings. The smallest absolute Gasteiger partial charge is 0.150 e. The van der Waals surface area contributed by atoms with E-state index < -0.39 is 0 Å². The molecule has 0 bridgehead atoms. The minimum atomic E-state index is -0.264. The molecule has 1 aliphatic rings. The number of fused-ring (bicyclic) bond motifs is 1. The fourth-order valence-electron chi connectivity index (χ4n) is 4.06. The van der Waals surface area contributed by atoms with E-state index in [1.807, 2.05) is 18.3 Å². The van der Waals surface area contributed by atoms with Crippen LogP contribution in [0.2, 0.25) is 0 Å². The van der Waals surface area contributed by atoms with Gasteiger partial charge in [0.25, 0.3) is 0 Å². The van der Waals surface area contributed by atoms with E-state index in [1.54, 1.807) is 18.5 Å². The summed E-state index contributed by atoms with van der Waals surface area (Å²) in [7, 11) is 0. The van der Waals surface area contributed by atoms with Gasteiger partial charge in [0.2, 0.25) is 0 Å². The van der Waals surface area contributed by atoms with Crippen molar-refractivity contribution in [3.05, 3.63) is 72.4 Å². The van der Waals surface area contributed by atoms with Crippen molar-refractivity contribution in [2.24, 2.45) is 0 Å². The van der Waals surface area contributed by atoms with E-state index >= 15 is 0 Å². The highest BCUT2D eigenvalue weighted by atomic mass is 19.1. The SMILES string of the molecule is Cc1cccc(-n2cc(-c3cccc(F)c3)c3c(NC4CCOCC4)ncnc32)c1. The third-order valence-corrected chi connectivity index (χ3v) is 5.56. The molecule has 0 radical (unpaired) electrons. The van der Waals surface area contributed by atoms with E-state index in [0.717, 1.165) is 65.3 Å². The van der Waals surface area contributed by atoms with Crippen molar-refractivity contribution in [3.8, 4) is 16.8 Å². The predicted octanol–water partition coefficient (Wildman–Crippen LogP) is 5.13. The minimum Gasteiger partial charge on any atom is -0.381 e. The van der Waals surface area contributed by atoms with E-state index in [4.69, 9.17) is 4.74 Å². The number of rotatable bonds is 4. The second kappa shape index (κ2) is 7.88. The molecule has 1 aliphatic heterocycles. The maximum Gasteiger partial charge on any atom is 0.150 e. The quantitative estimate of drug-likeness (QED) is 0.514. The van der Waals surface area contributed by atoms with Crippen LogP contribution in [-0.4, -0.2) is 33.8 Å². The van der Waals surface area contributed by atoms with Crippen LogP contribution < -0.4 is 5.32 Å². The van der Waals surface area contributed by atoms with Crippen LogP contribution in [0.5, 0.6) is 0 Å². The van der Waals surface area contributed by atoms with Crippen LogP contribution in [0.15, 0.2) is 61.1 Å². The Bertz CT molecular complexity index is 1200. The molecule has 0 unspecified atom stereocenters. The lowest BCUT2D eigenvalue weighted by Gasteiger charge is -2.24. The van der Waals surface area contributed by atoms with Crippen LogP contribution in [0, 0.1) is 12.7 Å². The molecule has 152 valence electrons. The highest BCUT2D eigenvalue weighted by Crippen LogP contribution is 2.36. The summed E-state index contributed by atoms with van der Waals surface area (Å²) in [6.07, 6.45) is 5.47. The summed E-state index contributed by atoms with van der Waals surface area (Å²) in [5, 5.41) is 4.49. The van der Waals surface area contributed by atoms with Gasteiger partial charge in [-0.2, -0.15) is 0 Å². The molecule has 2 aromatic carbocycles. The second-order valence-electron chi connectivity index (χ2n) is 7.71. The molecule has 5 rings (SSSR count). The van der Waals surface area contributed by atoms with Gasteiger partial charge in [-0.3, -0.25) is 0 Å². The highest BCUT2D eigenvalue weighted by Gasteiger charge is 2.21. The first-order valence-electron chi connectivity index (χ1n) is 10.2. The maximum absolute atomic E-state index is 14.0. The molecule has 0 amide bonds. The third-order valence-electron chi connectivity index (χ3n) is 5.56. The van der Waals surface area contributed by atoms with E-state index in [9.17, 15) is 4.39 Å². The largest absolute Gasteiger partial charge is 0.381 e. The van der Waals surface area contributed by atoms with Gasteiger partial charge in [0.1, 0.15) is 18.0 Å². The Labute approximate surface area is 174 Å². The van der Waals surface area contributed by atoms with E-state index in [0.29, 0.717) is 6.04 Å². The van der Waals surface area contributed by atoms with Gasteiger partial charge in [-0.1, -0.05) is 24.3 Å². The summed E-state index contributed by atoms with van der Waals surface area (Å²) in [5.41, 5.74) is 4.68. The summed E-state index contributed by atoms with van der Waals surface area (Å²) < 4.78 is 21.6. The second-order valence-corrected chi connectivity index (χ2v) is 7.71. The van der Waals surface area contributed by atoms with E-state index in [-0.39, 0.29) is 5.82 Å². The first kappa shape index (κ1) is 18.8. The monoisotopic (exact) mass is 402 g/mol. The van der Waals surface area contributed by atoms with Crippen LogP contribution >= 0.6 is 0 Å². The predicted molar refractivity (Wildman–Crippen MR) is 116 cm³/mol. The molecule has 0 spiro atoms. The lowest BCUT2D eigenvalue weighted by atomic mass is 10.1. The standard InChI is InChI=1S/C24H23FN4O/c1-16-4-2-7-20(12-16)29-14-21(17-5-3-6-18(25)13-17)22-23(26-15-27-24(22)29)28-19-8-10-30-11-9-19/h2-7,12-15,19H,8-11H2,1H3,(H,26,27,28). The molecule has 3 heterocycles. The van der Waals surface area contributed by atoms with Gasteiger partial charge in [0.05, 0.1) is 5.39 Å². The first-order chi connectivity index (χ1) is 14.7. The van der Waals surface area contributed by atoms with Crippen LogP contribution in [0.3, 0.4) is 0 Å². The molecule has 0 aliphatic carbocycles. The van der Waals surface area contributed by atoms with Gasteiger partial charge in [-0.05, 0) is 55.2 Å². The fourth-order valence-corrected chi connectivity index (χ4v) is 4.06. The summed E-state index contributed by atoms with van der Waals surface area (Å²) in [6, 6.07) is 15.2. The Morgan fingerprint density at radius 2 is 1.90 bits per heavy atom. The van der Waals surface area contributed by atoms with Crippen molar-refractivity contribution < 1.29 is 9.13 Å². The molecule has 1 saturated heterocycles. The summed E-state index contributed by atoms with van der Waals surface area (Å²) in [5.74, 6) is 0.511. The average molecular weight is 402 g/mol. The lowest BCUT2D eigenvalue weighted by Crippen LogP contribution is -2.28. The number of nitrogens with one attached hydrogen (secondary N) is 1. The molecule has 5 nitrogen and oxygen atoms in total. The molecular formula is C24H23FN4O. The normalized spacial score (nSPS) is 14.9. The molecule has 4 aromatic rings. The van der Waals surface area contributed by atoms with Gasteiger partial charge in [-0.25, -0.2) is 14.4 Å². The average Bonchev–Trinajstić information content (AvgIpc) is 3.15. The zero-order valence-corrected chi connectivity index (χ0v) is 16.8. The molecule has 1 N–H and O–H groups in total. The van der Waals surface area contributed by atoms with Crippen LogP contribution in [-0.2, 0) is 4.74 Å². The summed E-state index contributed by atoms with van der Waals surface area (Å²) in [4.78, 5) is 9.17. The number of benzene rings is 2. The Morgan fingerprint density at radius 3 is 2.70 bits per heavy atom. The number of anilines is 1. The molecule has 6 heteroatoms. The Hall–Kier alpha value is -3.25. The number of halogens is 1.